The average molecular weight is 295 g/mol. The van der Waals surface area contributed by atoms with Crippen LogP contribution in [0.5, 0.6) is 0 Å². The molecule has 3 aromatic rings. The summed E-state index contributed by atoms with van der Waals surface area (Å²) in [6, 6.07) is 9.92. The molecule has 0 saturated carbocycles. The lowest BCUT2D eigenvalue weighted by molar-refractivity contribution is 0.665. The van der Waals surface area contributed by atoms with Gasteiger partial charge in [0.2, 0.25) is 0 Å². The molecule has 2 nitrogen and oxygen atoms in total. The highest BCUT2D eigenvalue weighted by atomic mass is 127. The van der Waals surface area contributed by atoms with Crippen LogP contribution >= 0.6 is 22.6 Å². The Hall–Kier alpha value is -1.10. The van der Waals surface area contributed by atoms with Gasteiger partial charge in [0.05, 0.1) is 3.57 Å². The summed E-state index contributed by atoms with van der Waals surface area (Å²) in [5.41, 5.74) is 2.74. The van der Waals surface area contributed by atoms with Gasteiger partial charge in [-0.2, -0.15) is 0 Å². The maximum absolute atomic E-state index is 5.71. The molecular formula is C11H6INO. The Bertz CT molecular complexity index is 615. The molecule has 3 heteroatoms. The first-order chi connectivity index (χ1) is 6.86. The number of aromatic nitrogens is 1. The van der Waals surface area contributed by atoms with Crippen molar-refractivity contribution in [2.75, 3.05) is 0 Å². The van der Waals surface area contributed by atoms with Crippen molar-refractivity contribution >= 4 is 44.7 Å². The zero-order valence-corrected chi connectivity index (χ0v) is 9.36. The molecular weight excluding hydrogens is 289 g/mol. The van der Waals surface area contributed by atoms with Crippen molar-refractivity contribution in [1.82, 2.24) is 4.98 Å². The molecule has 68 valence electrons. The summed E-state index contributed by atoms with van der Waals surface area (Å²) in [5.74, 6) is 0. The first-order valence-corrected chi connectivity index (χ1v) is 5.36. The minimum Gasteiger partial charge on any atom is -0.453 e. The van der Waals surface area contributed by atoms with Crippen molar-refractivity contribution in [3.05, 3.63) is 40.1 Å². The van der Waals surface area contributed by atoms with Gasteiger partial charge in [-0.3, -0.25) is 4.98 Å². The van der Waals surface area contributed by atoms with Crippen LogP contribution in [0.25, 0.3) is 22.1 Å². The van der Waals surface area contributed by atoms with Crippen LogP contribution in [-0.2, 0) is 0 Å². The minimum absolute atomic E-state index is 0.884. The zero-order chi connectivity index (χ0) is 9.54. The monoisotopic (exact) mass is 295 g/mol. The Labute approximate surface area is 94.1 Å². The second kappa shape index (κ2) is 2.95. The Kier molecular flexibility index (Phi) is 1.73. The standard InChI is InChI=1S/C11H6INO/c12-8-5-6-13-10-7-3-1-2-4-9(7)14-11(8)10/h1-6H. The van der Waals surface area contributed by atoms with Crippen LogP contribution in [0.3, 0.4) is 0 Å². The number of benzene rings is 1. The van der Waals surface area contributed by atoms with E-state index < -0.39 is 0 Å². The number of para-hydroxylation sites is 1. The van der Waals surface area contributed by atoms with E-state index in [0.29, 0.717) is 0 Å². The fourth-order valence-corrected chi connectivity index (χ4v) is 2.10. The number of hydrogen-bond donors (Lipinski definition) is 0. The van der Waals surface area contributed by atoms with Gasteiger partial charge in [0.25, 0.3) is 0 Å². The molecule has 0 spiro atoms. The molecule has 2 heterocycles. The number of rotatable bonds is 0. The van der Waals surface area contributed by atoms with Gasteiger partial charge in [0, 0.05) is 11.6 Å². The van der Waals surface area contributed by atoms with Crippen LogP contribution in [-0.4, -0.2) is 4.98 Å². The maximum Gasteiger partial charge on any atom is 0.167 e. The van der Waals surface area contributed by atoms with E-state index in [0.717, 1.165) is 25.6 Å². The Morgan fingerprint density at radius 3 is 2.93 bits per heavy atom. The highest BCUT2D eigenvalue weighted by molar-refractivity contribution is 14.1. The van der Waals surface area contributed by atoms with E-state index in [1.807, 2.05) is 36.5 Å². The summed E-state index contributed by atoms with van der Waals surface area (Å²) in [7, 11) is 0. The molecule has 0 radical (unpaired) electrons. The minimum atomic E-state index is 0.884. The van der Waals surface area contributed by atoms with E-state index in [2.05, 4.69) is 27.6 Å². The van der Waals surface area contributed by atoms with Gasteiger partial charge in [-0.05, 0) is 40.8 Å². The normalized spacial score (nSPS) is 11.2. The molecule has 0 aliphatic rings. The van der Waals surface area contributed by atoms with E-state index >= 15 is 0 Å². The molecule has 0 bridgehead atoms. The van der Waals surface area contributed by atoms with Gasteiger partial charge >= 0.3 is 0 Å². The third kappa shape index (κ3) is 1.05. The van der Waals surface area contributed by atoms with Crippen molar-refractivity contribution in [2.45, 2.75) is 0 Å². The van der Waals surface area contributed by atoms with Crippen molar-refractivity contribution in [2.24, 2.45) is 0 Å². The molecule has 0 aliphatic heterocycles. The predicted octanol–water partition coefficient (Wildman–Crippen LogP) is 3.59. The van der Waals surface area contributed by atoms with Crippen LogP contribution in [0.2, 0.25) is 0 Å². The highest BCUT2D eigenvalue weighted by Gasteiger charge is 2.08. The lowest BCUT2D eigenvalue weighted by Gasteiger charge is -1.89. The van der Waals surface area contributed by atoms with Gasteiger partial charge in [0.15, 0.2) is 5.58 Å². The van der Waals surface area contributed by atoms with Crippen LogP contribution in [0.15, 0.2) is 40.9 Å². The molecule has 2 aromatic heterocycles. The van der Waals surface area contributed by atoms with Gasteiger partial charge in [-0.1, -0.05) is 12.1 Å². The lowest BCUT2D eigenvalue weighted by Crippen LogP contribution is -1.75. The van der Waals surface area contributed by atoms with Crippen LogP contribution in [0.1, 0.15) is 0 Å². The van der Waals surface area contributed by atoms with Gasteiger partial charge in [-0.25, -0.2) is 0 Å². The third-order valence-corrected chi connectivity index (χ3v) is 3.06. The molecule has 0 aliphatic carbocycles. The number of pyridine rings is 1. The molecule has 0 saturated heterocycles. The molecule has 0 amide bonds. The summed E-state index contributed by atoms with van der Waals surface area (Å²) in [6.07, 6.45) is 1.81. The SMILES string of the molecule is Ic1ccnc2c1oc1ccccc12. The molecule has 14 heavy (non-hydrogen) atoms. The number of halogens is 1. The largest absolute Gasteiger partial charge is 0.453 e. The van der Waals surface area contributed by atoms with Crippen molar-refractivity contribution in [3.8, 4) is 0 Å². The summed E-state index contributed by atoms with van der Waals surface area (Å²) < 4.78 is 6.81. The maximum atomic E-state index is 5.71. The Morgan fingerprint density at radius 1 is 1.14 bits per heavy atom. The van der Waals surface area contributed by atoms with E-state index in [1.54, 1.807) is 0 Å². The first-order valence-electron chi connectivity index (χ1n) is 4.28. The van der Waals surface area contributed by atoms with E-state index in [9.17, 15) is 0 Å². The Morgan fingerprint density at radius 2 is 2.00 bits per heavy atom. The topological polar surface area (TPSA) is 26.0 Å². The summed E-state index contributed by atoms with van der Waals surface area (Å²) in [6.45, 7) is 0. The summed E-state index contributed by atoms with van der Waals surface area (Å²) >= 11 is 2.26. The molecule has 0 N–H and O–H groups in total. The van der Waals surface area contributed by atoms with Gasteiger partial charge in [0.1, 0.15) is 11.1 Å². The Balaban J connectivity index is 2.63. The highest BCUT2D eigenvalue weighted by Crippen LogP contribution is 2.29. The van der Waals surface area contributed by atoms with Crippen LogP contribution in [0.4, 0.5) is 0 Å². The number of nitrogens with zero attached hydrogens (tertiary/aromatic N) is 1. The van der Waals surface area contributed by atoms with E-state index in [1.165, 1.54) is 0 Å². The fraction of sp³-hybridized carbons (Fsp3) is 0. The fourth-order valence-electron chi connectivity index (χ4n) is 1.57. The molecule has 1 aromatic carbocycles. The first kappa shape index (κ1) is 8.23. The average Bonchev–Trinajstić information content (AvgIpc) is 2.59. The number of hydrogen-bond acceptors (Lipinski definition) is 2. The third-order valence-electron chi connectivity index (χ3n) is 2.21. The second-order valence-corrected chi connectivity index (χ2v) is 4.23. The summed E-state index contributed by atoms with van der Waals surface area (Å²) in [5, 5.41) is 1.08. The van der Waals surface area contributed by atoms with Crippen molar-refractivity contribution in [3.63, 3.8) is 0 Å². The smallest absolute Gasteiger partial charge is 0.167 e. The second-order valence-electron chi connectivity index (χ2n) is 3.07. The van der Waals surface area contributed by atoms with E-state index in [-0.39, 0.29) is 0 Å². The van der Waals surface area contributed by atoms with Crippen LogP contribution < -0.4 is 0 Å². The van der Waals surface area contributed by atoms with E-state index in [4.69, 9.17) is 4.42 Å². The molecule has 0 unspecified atom stereocenters. The van der Waals surface area contributed by atoms with Gasteiger partial charge in [-0.15, -0.1) is 0 Å². The predicted molar refractivity (Wildman–Crippen MR) is 64.2 cm³/mol. The number of fused-ring (bicyclic) bond motifs is 3. The lowest BCUT2D eigenvalue weighted by atomic mass is 10.2. The molecule has 3 rings (SSSR count). The molecule has 0 fully saturated rings. The van der Waals surface area contributed by atoms with Gasteiger partial charge < -0.3 is 4.42 Å². The van der Waals surface area contributed by atoms with Crippen molar-refractivity contribution in [1.29, 1.82) is 0 Å². The quantitative estimate of drug-likeness (QED) is 0.592. The number of furan rings is 1. The van der Waals surface area contributed by atoms with Crippen molar-refractivity contribution < 1.29 is 4.42 Å². The summed E-state index contributed by atoms with van der Waals surface area (Å²) in [4.78, 5) is 4.33. The molecule has 0 atom stereocenters. The zero-order valence-electron chi connectivity index (χ0n) is 7.20. The van der Waals surface area contributed by atoms with Crippen LogP contribution in [0, 0.1) is 3.57 Å².